The van der Waals surface area contributed by atoms with Gasteiger partial charge in [0.2, 0.25) is 0 Å². The van der Waals surface area contributed by atoms with Crippen LogP contribution in [0.2, 0.25) is 0 Å². The minimum absolute atomic E-state index is 0.734. The molecule has 0 radical (unpaired) electrons. The third kappa shape index (κ3) is 5.21. The second-order valence-corrected chi connectivity index (χ2v) is 1.28. The standard InChI is InChI=1S/C5H10N2/c1-3-7-4-5(2)6/h3-4H,6H2,1-2H3/b5-4-,7-3-. The van der Waals surface area contributed by atoms with Crippen molar-refractivity contribution in [1.29, 1.82) is 0 Å². The zero-order valence-electron chi connectivity index (χ0n) is 4.68. The van der Waals surface area contributed by atoms with E-state index in [-0.39, 0.29) is 0 Å². The zero-order valence-corrected chi connectivity index (χ0v) is 4.68. The Balaban J connectivity index is 3.46. The van der Waals surface area contributed by atoms with E-state index in [1.54, 1.807) is 19.3 Å². The van der Waals surface area contributed by atoms with Crippen LogP contribution in [0.25, 0.3) is 0 Å². The molecule has 0 rings (SSSR count). The van der Waals surface area contributed by atoms with E-state index in [0.29, 0.717) is 0 Å². The van der Waals surface area contributed by atoms with Gasteiger partial charge in [-0.1, -0.05) is 0 Å². The number of hydrogen-bond acceptors (Lipinski definition) is 2. The highest BCUT2D eigenvalue weighted by Crippen LogP contribution is 1.77. The summed E-state index contributed by atoms with van der Waals surface area (Å²) in [5.74, 6) is 0. The van der Waals surface area contributed by atoms with E-state index in [9.17, 15) is 0 Å². The predicted octanol–water partition coefficient (Wildman–Crippen LogP) is 0.897. The number of nitrogens with two attached hydrogens (primary N) is 1. The van der Waals surface area contributed by atoms with Gasteiger partial charge in [-0.15, -0.1) is 0 Å². The van der Waals surface area contributed by atoms with Gasteiger partial charge in [0.05, 0.1) is 0 Å². The van der Waals surface area contributed by atoms with E-state index in [1.165, 1.54) is 0 Å². The molecule has 0 aromatic carbocycles. The van der Waals surface area contributed by atoms with Crippen molar-refractivity contribution in [2.75, 3.05) is 0 Å². The Hall–Kier alpha value is -0.790. The molecule has 2 heteroatoms. The molecule has 0 amide bonds. The first-order valence-electron chi connectivity index (χ1n) is 2.17. The van der Waals surface area contributed by atoms with Gasteiger partial charge in [0, 0.05) is 18.1 Å². The highest BCUT2D eigenvalue weighted by Gasteiger charge is 1.66. The number of aliphatic imine (C=N–C) groups is 1. The summed E-state index contributed by atoms with van der Waals surface area (Å²) in [5, 5.41) is 0. The Labute approximate surface area is 43.7 Å². The highest BCUT2D eigenvalue weighted by atomic mass is 14.7. The van der Waals surface area contributed by atoms with Crippen molar-refractivity contribution in [2.24, 2.45) is 10.7 Å². The van der Waals surface area contributed by atoms with Crippen LogP contribution in [0, 0.1) is 0 Å². The van der Waals surface area contributed by atoms with E-state index in [1.807, 2.05) is 6.92 Å². The van der Waals surface area contributed by atoms with Crippen LogP contribution in [0.1, 0.15) is 13.8 Å². The SMILES string of the molecule is C/C=N\C=C(\C)N. The molecule has 2 N–H and O–H groups in total. The summed E-state index contributed by atoms with van der Waals surface area (Å²) in [7, 11) is 0. The van der Waals surface area contributed by atoms with Crippen LogP contribution in [-0.4, -0.2) is 6.21 Å². The fourth-order valence-electron chi connectivity index (χ4n) is 0.192. The van der Waals surface area contributed by atoms with E-state index < -0.39 is 0 Å². The van der Waals surface area contributed by atoms with Crippen molar-refractivity contribution in [3.8, 4) is 0 Å². The number of allylic oxidation sites excluding steroid dienone is 1. The molecule has 0 bridgehead atoms. The molecule has 0 aromatic rings. The first-order chi connectivity index (χ1) is 3.27. The summed E-state index contributed by atoms with van der Waals surface area (Å²) in [5.41, 5.74) is 5.96. The summed E-state index contributed by atoms with van der Waals surface area (Å²) < 4.78 is 0. The van der Waals surface area contributed by atoms with Crippen LogP contribution < -0.4 is 5.73 Å². The van der Waals surface area contributed by atoms with Gasteiger partial charge < -0.3 is 5.73 Å². The number of hydrogen-bond donors (Lipinski definition) is 1. The first-order valence-corrected chi connectivity index (χ1v) is 2.17. The second-order valence-electron chi connectivity index (χ2n) is 1.28. The lowest BCUT2D eigenvalue weighted by atomic mass is 10.6. The van der Waals surface area contributed by atoms with Gasteiger partial charge in [-0.05, 0) is 13.8 Å². The van der Waals surface area contributed by atoms with Crippen molar-refractivity contribution in [3.63, 3.8) is 0 Å². The molecule has 7 heavy (non-hydrogen) atoms. The highest BCUT2D eigenvalue weighted by molar-refractivity contribution is 5.54. The summed E-state index contributed by atoms with van der Waals surface area (Å²) in [6, 6.07) is 0. The summed E-state index contributed by atoms with van der Waals surface area (Å²) >= 11 is 0. The Morgan fingerprint density at radius 1 is 1.71 bits per heavy atom. The Morgan fingerprint density at radius 3 is 2.43 bits per heavy atom. The quantitative estimate of drug-likeness (QED) is 0.486. The molecule has 0 heterocycles. The molecule has 0 fully saturated rings. The monoisotopic (exact) mass is 98.1 g/mol. The summed E-state index contributed by atoms with van der Waals surface area (Å²) in [6.45, 7) is 3.65. The van der Waals surface area contributed by atoms with Gasteiger partial charge in [0.25, 0.3) is 0 Å². The normalized spacial score (nSPS) is 13.1. The lowest BCUT2D eigenvalue weighted by Gasteiger charge is -1.79. The van der Waals surface area contributed by atoms with Crippen molar-refractivity contribution < 1.29 is 0 Å². The molecule has 0 saturated carbocycles. The molecule has 0 aliphatic heterocycles. The van der Waals surface area contributed by atoms with Crippen LogP contribution in [0.15, 0.2) is 16.9 Å². The Morgan fingerprint density at radius 2 is 2.29 bits per heavy atom. The Bertz CT molecular complexity index is 88.3. The third-order valence-corrected chi connectivity index (χ3v) is 0.427. The number of rotatable bonds is 1. The van der Waals surface area contributed by atoms with Crippen molar-refractivity contribution in [2.45, 2.75) is 13.8 Å². The van der Waals surface area contributed by atoms with Gasteiger partial charge in [0.15, 0.2) is 0 Å². The topological polar surface area (TPSA) is 38.4 Å². The molecule has 0 aliphatic carbocycles. The minimum atomic E-state index is 0.734. The summed E-state index contributed by atoms with van der Waals surface area (Å²) in [4.78, 5) is 3.76. The molecule has 0 unspecified atom stereocenters. The van der Waals surface area contributed by atoms with Crippen LogP contribution in [0.4, 0.5) is 0 Å². The molecule has 0 saturated heterocycles. The smallest absolute Gasteiger partial charge is 0.0448 e. The van der Waals surface area contributed by atoms with Crippen LogP contribution in [-0.2, 0) is 0 Å². The van der Waals surface area contributed by atoms with Gasteiger partial charge in [-0.3, -0.25) is 4.99 Å². The van der Waals surface area contributed by atoms with Crippen LogP contribution >= 0.6 is 0 Å². The molecular weight excluding hydrogens is 88.1 g/mol. The summed E-state index contributed by atoms with van der Waals surface area (Å²) in [6.07, 6.45) is 3.30. The average Bonchev–Trinajstić information content (AvgIpc) is 1.61. The third-order valence-electron chi connectivity index (χ3n) is 0.427. The molecule has 2 nitrogen and oxygen atoms in total. The second kappa shape index (κ2) is 3.40. The lowest BCUT2D eigenvalue weighted by molar-refractivity contribution is 1.28. The van der Waals surface area contributed by atoms with Gasteiger partial charge >= 0.3 is 0 Å². The van der Waals surface area contributed by atoms with Crippen LogP contribution in [0.3, 0.4) is 0 Å². The van der Waals surface area contributed by atoms with E-state index in [0.717, 1.165) is 5.70 Å². The maximum atomic E-state index is 5.23. The van der Waals surface area contributed by atoms with Crippen molar-refractivity contribution in [1.82, 2.24) is 0 Å². The fraction of sp³-hybridized carbons (Fsp3) is 0.400. The predicted molar refractivity (Wildman–Crippen MR) is 32.1 cm³/mol. The molecule has 40 valence electrons. The molecule has 0 aliphatic rings. The molecule has 0 spiro atoms. The van der Waals surface area contributed by atoms with Gasteiger partial charge in [-0.25, -0.2) is 0 Å². The van der Waals surface area contributed by atoms with E-state index in [4.69, 9.17) is 5.73 Å². The Kier molecular flexibility index (Phi) is 3.02. The maximum absolute atomic E-state index is 5.23. The lowest BCUT2D eigenvalue weighted by Crippen LogP contribution is -1.87. The minimum Gasteiger partial charge on any atom is -0.401 e. The first kappa shape index (κ1) is 6.21. The molecular formula is C5H10N2. The van der Waals surface area contributed by atoms with Gasteiger partial charge in [0.1, 0.15) is 0 Å². The molecule has 0 aromatic heterocycles. The van der Waals surface area contributed by atoms with Crippen molar-refractivity contribution in [3.05, 3.63) is 11.9 Å². The largest absolute Gasteiger partial charge is 0.401 e. The van der Waals surface area contributed by atoms with Gasteiger partial charge in [-0.2, -0.15) is 0 Å². The average molecular weight is 98.1 g/mol. The maximum Gasteiger partial charge on any atom is 0.0448 e. The van der Waals surface area contributed by atoms with Crippen molar-refractivity contribution >= 4 is 6.21 Å². The fourth-order valence-corrected chi connectivity index (χ4v) is 0.192. The van der Waals surface area contributed by atoms with Crippen LogP contribution in [0.5, 0.6) is 0 Å². The zero-order chi connectivity index (χ0) is 5.70. The molecule has 0 atom stereocenters. The van der Waals surface area contributed by atoms with E-state index in [2.05, 4.69) is 4.99 Å². The number of nitrogens with zero attached hydrogens (tertiary/aromatic N) is 1. The van der Waals surface area contributed by atoms with E-state index >= 15 is 0 Å².